The second-order valence-corrected chi connectivity index (χ2v) is 8.49. The van der Waals surface area contributed by atoms with Crippen LogP contribution in [0.3, 0.4) is 0 Å². The normalized spacial score (nSPS) is 23.5. The van der Waals surface area contributed by atoms with Crippen LogP contribution in [0.2, 0.25) is 0 Å². The number of rotatable bonds is 3. The van der Waals surface area contributed by atoms with Crippen molar-refractivity contribution in [3.63, 3.8) is 0 Å². The van der Waals surface area contributed by atoms with Crippen molar-refractivity contribution in [1.29, 1.82) is 0 Å². The lowest BCUT2D eigenvalue weighted by molar-refractivity contribution is 0.0737. The number of aromatic nitrogens is 1. The molecule has 29 heavy (non-hydrogen) atoms. The van der Waals surface area contributed by atoms with Crippen LogP contribution in [0.5, 0.6) is 0 Å². The van der Waals surface area contributed by atoms with E-state index < -0.39 is 6.09 Å². The number of aromatic amines is 1. The smallest absolute Gasteiger partial charge is 0.417 e. The summed E-state index contributed by atoms with van der Waals surface area (Å²) in [6.07, 6.45) is 3.57. The molecule has 0 bridgehead atoms. The molecule has 2 heterocycles. The van der Waals surface area contributed by atoms with Crippen molar-refractivity contribution in [2.24, 2.45) is 5.92 Å². The van der Waals surface area contributed by atoms with Gasteiger partial charge in [-0.05, 0) is 49.9 Å². The summed E-state index contributed by atoms with van der Waals surface area (Å²) in [7, 11) is 5.48. The van der Waals surface area contributed by atoms with Gasteiger partial charge in [0, 0.05) is 56.2 Å². The van der Waals surface area contributed by atoms with Gasteiger partial charge in [-0.15, -0.1) is 0 Å². The average molecular weight is 399 g/mol. The summed E-state index contributed by atoms with van der Waals surface area (Å²) in [5.41, 5.74) is 3.96. The number of nitrogens with one attached hydrogen (secondary N) is 1. The number of fused-ring (bicyclic) bond motifs is 2. The molecule has 2 aromatic rings. The van der Waals surface area contributed by atoms with Crippen LogP contribution in [0.4, 0.5) is 9.59 Å². The van der Waals surface area contributed by atoms with E-state index in [0.29, 0.717) is 18.5 Å². The molecule has 1 aliphatic carbocycles. The first kappa shape index (κ1) is 19.8. The minimum absolute atomic E-state index is 0.199. The van der Waals surface area contributed by atoms with Gasteiger partial charge in [-0.2, -0.15) is 0 Å². The molecule has 1 unspecified atom stereocenters. The van der Waals surface area contributed by atoms with Gasteiger partial charge in [0.05, 0.1) is 6.61 Å². The Morgan fingerprint density at radius 3 is 2.83 bits per heavy atom. The van der Waals surface area contributed by atoms with Gasteiger partial charge in [0.2, 0.25) is 0 Å². The zero-order valence-electron chi connectivity index (χ0n) is 17.6. The van der Waals surface area contributed by atoms with E-state index in [1.807, 2.05) is 0 Å². The molecule has 0 saturated carbocycles. The highest BCUT2D eigenvalue weighted by Gasteiger charge is 2.41. The lowest BCUT2D eigenvalue weighted by Crippen LogP contribution is -2.52. The molecule has 4 rings (SSSR count). The average Bonchev–Trinajstić information content (AvgIpc) is 3.11. The van der Waals surface area contributed by atoms with Crippen molar-refractivity contribution in [2.75, 3.05) is 40.8 Å². The Labute approximate surface area is 171 Å². The molecular weight excluding hydrogens is 368 g/mol. The first-order valence-electron chi connectivity index (χ1n) is 10.3. The molecule has 3 atom stereocenters. The number of amides is 3. The Hall–Kier alpha value is -2.54. The quantitative estimate of drug-likeness (QED) is 0.862. The van der Waals surface area contributed by atoms with Gasteiger partial charge in [-0.3, -0.25) is 0 Å². The van der Waals surface area contributed by atoms with Crippen LogP contribution in [0.1, 0.15) is 30.4 Å². The molecule has 2 aliphatic rings. The minimum atomic E-state index is -0.561. The summed E-state index contributed by atoms with van der Waals surface area (Å²) in [4.78, 5) is 33.6. The van der Waals surface area contributed by atoms with E-state index >= 15 is 0 Å². The fraction of sp³-hybridized carbons (Fsp3) is 0.545. The molecule has 156 valence electrons. The summed E-state index contributed by atoms with van der Waals surface area (Å²) >= 11 is 0. The summed E-state index contributed by atoms with van der Waals surface area (Å²) < 4.78 is 5.15. The maximum absolute atomic E-state index is 12.6. The predicted molar refractivity (Wildman–Crippen MR) is 112 cm³/mol. The number of nitrogens with zero attached hydrogens (tertiary/aromatic N) is 3. The van der Waals surface area contributed by atoms with Crippen molar-refractivity contribution in [1.82, 2.24) is 19.7 Å². The molecule has 7 nitrogen and oxygen atoms in total. The highest BCUT2D eigenvalue weighted by molar-refractivity contribution is 5.91. The lowest BCUT2D eigenvalue weighted by atomic mass is 9.72. The molecule has 1 aromatic heterocycles. The first-order valence-corrected chi connectivity index (χ1v) is 10.3. The van der Waals surface area contributed by atoms with Crippen LogP contribution in [-0.2, 0) is 11.2 Å². The summed E-state index contributed by atoms with van der Waals surface area (Å²) in [6, 6.07) is 6.60. The number of ether oxygens (including phenoxy) is 1. The second kappa shape index (κ2) is 7.71. The second-order valence-electron chi connectivity index (χ2n) is 8.49. The van der Waals surface area contributed by atoms with Gasteiger partial charge in [0.25, 0.3) is 0 Å². The van der Waals surface area contributed by atoms with Crippen molar-refractivity contribution in [3.05, 3.63) is 35.5 Å². The Balaban J connectivity index is 1.60. The number of benzene rings is 1. The van der Waals surface area contributed by atoms with E-state index in [1.165, 1.54) is 31.8 Å². The van der Waals surface area contributed by atoms with Gasteiger partial charge in [-0.25, -0.2) is 14.5 Å². The molecule has 1 aliphatic heterocycles. The molecule has 1 N–H and O–H groups in total. The molecule has 0 spiro atoms. The highest BCUT2D eigenvalue weighted by Crippen LogP contribution is 2.44. The van der Waals surface area contributed by atoms with E-state index in [0.717, 1.165) is 19.4 Å². The van der Waals surface area contributed by atoms with Gasteiger partial charge in [0.15, 0.2) is 0 Å². The fourth-order valence-corrected chi connectivity index (χ4v) is 5.12. The predicted octanol–water partition coefficient (Wildman–Crippen LogP) is 3.27. The fourth-order valence-electron chi connectivity index (χ4n) is 5.12. The number of likely N-dealkylation sites (tertiary alicyclic amines) is 1. The van der Waals surface area contributed by atoms with E-state index in [1.54, 1.807) is 21.0 Å². The zero-order chi connectivity index (χ0) is 20.7. The Kier molecular flexibility index (Phi) is 5.25. The Morgan fingerprint density at radius 1 is 1.31 bits per heavy atom. The molecule has 3 amide bonds. The number of imide groups is 1. The third-order valence-corrected chi connectivity index (χ3v) is 6.35. The Morgan fingerprint density at radius 2 is 2.10 bits per heavy atom. The van der Waals surface area contributed by atoms with Crippen LogP contribution < -0.4 is 0 Å². The number of likely N-dealkylation sites (N-methyl/N-ethyl adjacent to an activating group) is 1. The first-order chi connectivity index (χ1) is 13.9. The third-order valence-electron chi connectivity index (χ3n) is 6.35. The van der Waals surface area contributed by atoms with Crippen LogP contribution in [0.25, 0.3) is 10.9 Å². The van der Waals surface area contributed by atoms with Gasteiger partial charge < -0.3 is 19.5 Å². The monoisotopic (exact) mass is 398 g/mol. The van der Waals surface area contributed by atoms with Crippen LogP contribution >= 0.6 is 0 Å². The Bertz CT molecular complexity index is 922. The summed E-state index contributed by atoms with van der Waals surface area (Å²) in [5, 5.41) is 1.36. The van der Waals surface area contributed by atoms with Gasteiger partial charge in [0.1, 0.15) is 0 Å². The zero-order valence-corrected chi connectivity index (χ0v) is 17.6. The SMILES string of the molecule is CCOC(=O)N(C[C@@H]1CC2c3cccc4[nH]cc(c34)C[C@H]2N(C)C1)C(=O)N(C)C. The van der Waals surface area contributed by atoms with Crippen LogP contribution in [-0.4, -0.2) is 78.7 Å². The minimum Gasteiger partial charge on any atom is -0.449 e. The third kappa shape index (κ3) is 3.48. The van der Waals surface area contributed by atoms with Crippen molar-refractivity contribution in [2.45, 2.75) is 31.7 Å². The number of H-pyrrole nitrogens is 1. The molecule has 7 heteroatoms. The number of carbonyl (C=O) groups is 2. The molecule has 1 aromatic carbocycles. The number of hydrogen-bond donors (Lipinski definition) is 1. The standard InChI is InChI=1S/C22H30N4O3/c1-5-29-22(28)26(21(27)24(2)3)13-14-9-17-16-7-6-8-18-20(16)15(11-23-18)10-19(17)25(4)12-14/h6-8,11,14,17,19,23H,5,9-10,12-13H2,1-4H3/t14-,17?,19-/m1/s1. The summed E-state index contributed by atoms with van der Waals surface area (Å²) in [6.45, 7) is 3.24. The molecule has 1 saturated heterocycles. The van der Waals surface area contributed by atoms with E-state index in [4.69, 9.17) is 4.74 Å². The topological polar surface area (TPSA) is 68.9 Å². The maximum atomic E-state index is 12.6. The van der Waals surface area contributed by atoms with Gasteiger partial charge in [-0.1, -0.05) is 12.1 Å². The van der Waals surface area contributed by atoms with E-state index in [-0.39, 0.29) is 18.6 Å². The van der Waals surface area contributed by atoms with Crippen LogP contribution in [0, 0.1) is 5.92 Å². The summed E-state index contributed by atoms with van der Waals surface area (Å²) in [5.74, 6) is 0.592. The molecule has 1 fully saturated rings. The van der Waals surface area contributed by atoms with E-state index in [9.17, 15) is 9.59 Å². The van der Waals surface area contributed by atoms with Crippen molar-refractivity contribution in [3.8, 4) is 0 Å². The van der Waals surface area contributed by atoms with Crippen molar-refractivity contribution >= 4 is 23.0 Å². The maximum Gasteiger partial charge on any atom is 0.417 e. The van der Waals surface area contributed by atoms with E-state index in [2.05, 4.69) is 41.3 Å². The van der Waals surface area contributed by atoms with Crippen LogP contribution in [0.15, 0.2) is 24.4 Å². The number of piperidine rings is 1. The van der Waals surface area contributed by atoms with Gasteiger partial charge >= 0.3 is 12.1 Å². The lowest BCUT2D eigenvalue weighted by Gasteiger charge is -2.46. The number of urea groups is 1. The number of carbonyl (C=O) groups excluding carboxylic acids is 2. The number of hydrogen-bond acceptors (Lipinski definition) is 4. The molecule has 0 radical (unpaired) electrons. The molecular formula is C22H30N4O3. The van der Waals surface area contributed by atoms with Crippen molar-refractivity contribution < 1.29 is 14.3 Å². The highest BCUT2D eigenvalue weighted by atomic mass is 16.6. The largest absolute Gasteiger partial charge is 0.449 e.